The number of hydrogen-bond acceptors (Lipinski definition) is 9. The molecule has 0 aromatic heterocycles. The van der Waals surface area contributed by atoms with Crippen molar-refractivity contribution in [3.8, 4) is 0 Å². The van der Waals surface area contributed by atoms with E-state index < -0.39 is 66.1 Å². The molecule has 37 heavy (non-hydrogen) atoms. The topological polar surface area (TPSA) is 301 Å². The Morgan fingerprint density at radius 3 is 1.84 bits per heavy atom. The molecule has 0 fully saturated rings. The first kappa shape index (κ1) is 33.4. The first-order valence-corrected chi connectivity index (χ1v) is 12.7. The fourth-order valence-electron chi connectivity index (χ4n) is 2.93. The summed E-state index contributed by atoms with van der Waals surface area (Å²) in [6, 6.07) is -5.13. The van der Waals surface area contributed by atoms with Crippen LogP contribution in [0.15, 0.2) is 4.99 Å². The molecular formula is C20H37N9O7S. The normalized spacial score (nSPS) is 13.8. The number of carbonyl (C=O) groups is 6. The van der Waals surface area contributed by atoms with Crippen molar-refractivity contribution in [1.82, 2.24) is 16.0 Å². The fraction of sp³-hybridized carbons (Fsp3) is 0.650. The third-order valence-electron chi connectivity index (χ3n) is 4.88. The molecule has 4 atom stereocenters. The lowest BCUT2D eigenvalue weighted by Crippen LogP contribution is -2.57. The molecular weight excluding hydrogens is 510 g/mol. The Bertz CT molecular complexity index is 852. The molecule has 4 unspecified atom stereocenters. The van der Waals surface area contributed by atoms with Gasteiger partial charge in [0, 0.05) is 13.0 Å². The number of hydrogen-bond donors (Lipinski definition) is 9. The highest BCUT2D eigenvalue weighted by molar-refractivity contribution is 7.98. The summed E-state index contributed by atoms with van der Waals surface area (Å²) in [7, 11) is 0. The summed E-state index contributed by atoms with van der Waals surface area (Å²) in [4.78, 5) is 75.9. The molecule has 17 heteroatoms. The van der Waals surface area contributed by atoms with Crippen molar-refractivity contribution in [2.75, 3.05) is 18.6 Å². The summed E-state index contributed by atoms with van der Waals surface area (Å²) >= 11 is 1.48. The van der Waals surface area contributed by atoms with E-state index in [2.05, 4.69) is 20.9 Å². The Labute approximate surface area is 218 Å². The largest absolute Gasteiger partial charge is 0.480 e. The van der Waals surface area contributed by atoms with E-state index in [0.717, 1.165) is 0 Å². The Kier molecular flexibility index (Phi) is 16.0. The van der Waals surface area contributed by atoms with Crippen LogP contribution in [0.1, 0.15) is 38.5 Å². The smallest absolute Gasteiger partial charge is 0.326 e. The molecule has 0 saturated heterocycles. The number of nitrogens with one attached hydrogen (secondary N) is 3. The number of aliphatic carboxylic acids is 1. The molecule has 16 nitrogen and oxygen atoms in total. The van der Waals surface area contributed by atoms with E-state index in [1.807, 2.05) is 6.26 Å². The third kappa shape index (κ3) is 15.2. The predicted octanol–water partition coefficient (Wildman–Crippen LogP) is -4.20. The van der Waals surface area contributed by atoms with Crippen LogP contribution in [0.2, 0.25) is 0 Å². The van der Waals surface area contributed by atoms with Gasteiger partial charge in [0.1, 0.15) is 18.1 Å². The number of primary amides is 2. The number of nitrogens with two attached hydrogens (primary N) is 5. The minimum atomic E-state index is -1.64. The zero-order valence-electron chi connectivity index (χ0n) is 20.6. The van der Waals surface area contributed by atoms with Gasteiger partial charge < -0.3 is 49.7 Å². The van der Waals surface area contributed by atoms with Gasteiger partial charge in [-0.15, -0.1) is 0 Å². The number of carbonyl (C=O) groups excluding carboxylic acids is 5. The van der Waals surface area contributed by atoms with Crippen molar-refractivity contribution in [3.05, 3.63) is 0 Å². The quantitative estimate of drug-likeness (QED) is 0.0424. The van der Waals surface area contributed by atoms with Crippen LogP contribution in [0, 0.1) is 0 Å². The van der Waals surface area contributed by atoms with Crippen LogP contribution < -0.4 is 44.6 Å². The number of nitrogens with zero attached hydrogens (tertiary/aromatic N) is 1. The average molecular weight is 548 g/mol. The minimum Gasteiger partial charge on any atom is -0.480 e. The van der Waals surface area contributed by atoms with Crippen molar-refractivity contribution < 1.29 is 33.9 Å². The fourth-order valence-corrected chi connectivity index (χ4v) is 3.42. The van der Waals surface area contributed by atoms with Gasteiger partial charge in [0.25, 0.3) is 0 Å². The van der Waals surface area contributed by atoms with Crippen LogP contribution in [0.25, 0.3) is 0 Å². The first-order valence-electron chi connectivity index (χ1n) is 11.3. The van der Waals surface area contributed by atoms with Crippen molar-refractivity contribution in [3.63, 3.8) is 0 Å². The molecule has 210 valence electrons. The molecule has 0 saturated carbocycles. The summed E-state index contributed by atoms with van der Waals surface area (Å²) in [6.07, 6.45) is 1.22. The van der Waals surface area contributed by atoms with Crippen LogP contribution >= 0.6 is 11.8 Å². The van der Waals surface area contributed by atoms with E-state index in [1.165, 1.54) is 11.8 Å². The average Bonchev–Trinajstić information content (AvgIpc) is 2.80. The third-order valence-corrected chi connectivity index (χ3v) is 5.52. The monoisotopic (exact) mass is 547 g/mol. The Morgan fingerprint density at radius 2 is 1.35 bits per heavy atom. The highest BCUT2D eigenvalue weighted by atomic mass is 32.2. The van der Waals surface area contributed by atoms with Gasteiger partial charge in [-0.1, -0.05) is 0 Å². The van der Waals surface area contributed by atoms with Gasteiger partial charge in [-0.3, -0.25) is 29.0 Å². The maximum Gasteiger partial charge on any atom is 0.326 e. The number of amides is 5. The van der Waals surface area contributed by atoms with Gasteiger partial charge in [-0.25, -0.2) is 4.79 Å². The molecule has 0 radical (unpaired) electrons. The van der Waals surface area contributed by atoms with Crippen molar-refractivity contribution in [1.29, 1.82) is 0 Å². The molecule has 5 amide bonds. The number of carboxylic acid groups (broad SMARTS) is 1. The number of thioether (sulfide) groups is 1. The minimum absolute atomic E-state index is 0.0407. The number of aliphatic imine (C=N–C) groups is 1. The van der Waals surface area contributed by atoms with E-state index in [-0.39, 0.29) is 38.2 Å². The second-order valence-electron chi connectivity index (χ2n) is 8.03. The van der Waals surface area contributed by atoms with Crippen LogP contribution in [0.5, 0.6) is 0 Å². The Balaban J connectivity index is 5.68. The maximum atomic E-state index is 13.0. The Morgan fingerprint density at radius 1 is 0.811 bits per heavy atom. The highest BCUT2D eigenvalue weighted by Gasteiger charge is 2.30. The van der Waals surface area contributed by atoms with Crippen LogP contribution in [0.4, 0.5) is 0 Å². The van der Waals surface area contributed by atoms with Gasteiger partial charge in [0.05, 0.1) is 12.5 Å². The second kappa shape index (κ2) is 17.8. The van der Waals surface area contributed by atoms with E-state index in [1.54, 1.807) is 0 Å². The Hall–Kier alpha value is -3.60. The lowest BCUT2D eigenvalue weighted by atomic mass is 10.1. The molecule has 0 aliphatic rings. The van der Waals surface area contributed by atoms with E-state index in [9.17, 15) is 33.9 Å². The van der Waals surface area contributed by atoms with Gasteiger partial charge >= 0.3 is 5.97 Å². The summed E-state index contributed by atoms with van der Waals surface area (Å²) < 4.78 is 0. The second-order valence-corrected chi connectivity index (χ2v) is 9.02. The van der Waals surface area contributed by atoms with Crippen LogP contribution in [0.3, 0.4) is 0 Å². The standard InChI is InChI=1S/C20H37N9O7S/c1-37-8-6-10(21)16(32)27-12(4-5-14(22)30)18(34)28-11(3-2-7-26-20(24)25)17(33)29-13(19(35)36)9-15(23)31/h10-13H,2-9,21H2,1H3,(H2,22,30)(H2,23,31)(H,27,32)(H,28,34)(H,29,33)(H,35,36)(H4,24,25,26). The first-order chi connectivity index (χ1) is 17.3. The molecule has 0 aromatic rings. The molecule has 0 rings (SSSR count). The van der Waals surface area contributed by atoms with Crippen LogP contribution in [-0.2, 0) is 28.8 Å². The molecule has 0 aliphatic heterocycles. The van der Waals surface area contributed by atoms with Gasteiger partial charge in [-0.2, -0.15) is 11.8 Å². The lowest BCUT2D eigenvalue weighted by Gasteiger charge is -2.25. The summed E-state index contributed by atoms with van der Waals surface area (Å²) in [5.74, 6) is -5.19. The SMILES string of the molecule is CSCCC(N)C(=O)NC(CCC(N)=O)C(=O)NC(CCCN=C(N)N)C(=O)NC(CC(N)=O)C(=O)O. The molecule has 0 aliphatic carbocycles. The van der Waals surface area contributed by atoms with Gasteiger partial charge in [0.2, 0.25) is 29.5 Å². The zero-order chi connectivity index (χ0) is 28.5. The van der Waals surface area contributed by atoms with E-state index >= 15 is 0 Å². The van der Waals surface area contributed by atoms with Crippen molar-refractivity contribution in [2.45, 2.75) is 62.7 Å². The molecule has 0 heterocycles. The van der Waals surface area contributed by atoms with E-state index in [0.29, 0.717) is 12.2 Å². The van der Waals surface area contributed by atoms with Crippen molar-refractivity contribution >= 4 is 53.2 Å². The molecule has 14 N–H and O–H groups in total. The highest BCUT2D eigenvalue weighted by Crippen LogP contribution is 2.06. The number of guanidine groups is 1. The maximum absolute atomic E-state index is 13.0. The number of rotatable bonds is 19. The van der Waals surface area contributed by atoms with E-state index in [4.69, 9.17) is 28.7 Å². The summed E-state index contributed by atoms with van der Waals surface area (Å²) in [6.45, 7) is 0.0950. The zero-order valence-corrected chi connectivity index (χ0v) is 21.4. The molecule has 0 aromatic carbocycles. The van der Waals surface area contributed by atoms with Gasteiger partial charge in [0.15, 0.2) is 5.96 Å². The van der Waals surface area contributed by atoms with Crippen LogP contribution in [-0.4, -0.2) is 89.3 Å². The summed E-state index contributed by atoms with van der Waals surface area (Å²) in [5.41, 5.74) is 26.6. The van der Waals surface area contributed by atoms with Gasteiger partial charge in [-0.05, 0) is 37.7 Å². The molecule has 0 spiro atoms. The summed E-state index contributed by atoms with van der Waals surface area (Å²) in [5, 5.41) is 16.3. The predicted molar refractivity (Wildman–Crippen MR) is 137 cm³/mol. The van der Waals surface area contributed by atoms with Crippen molar-refractivity contribution in [2.24, 2.45) is 33.7 Å². The molecule has 0 bridgehead atoms. The lowest BCUT2D eigenvalue weighted by molar-refractivity contribution is -0.143. The number of carboxylic acids is 1.